The lowest BCUT2D eigenvalue weighted by Crippen LogP contribution is -2.25. The number of carbonyl (C=O) groups is 2. The van der Waals surface area contributed by atoms with Gasteiger partial charge < -0.3 is 10.4 Å². The molecule has 5 heteroatoms. The number of carboxylic acid groups (broad SMARTS) is 1. The van der Waals surface area contributed by atoms with E-state index in [9.17, 15) is 9.59 Å². The normalized spacial score (nSPS) is 10.4. The number of halogens is 1. The van der Waals surface area contributed by atoms with Crippen molar-refractivity contribution in [2.45, 2.75) is 45.4 Å². The van der Waals surface area contributed by atoms with Gasteiger partial charge in [-0.05, 0) is 37.5 Å². The zero-order valence-electron chi connectivity index (χ0n) is 12.3. The molecule has 0 saturated heterocycles. The monoisotopic (exact) mass is 355 g/mol. The van der Waals surface area contributed by atoms with Gasteiger partial charge in [0.15, 0.2) is 0 Å². The third-order valence-corrected chi connectivity index (χ3v) is 4.22. The highest BCUT2D eigenvalue weighted by atomic mass is 79.9. The lowest BCUT2D eigenvalue weighted by atomic mass is 10.1. The summed E-state index contributed by atoms with van der Waals surface area (Å²) in [6.45, 7) is 2.57. The van der Waals surface area contributed by atoms with Gasteiger partial charge in [0, 0.05) is 23.0 Å². The van der Waals surface area contributed by atoms with Crippen LogP contribution in [0.1, 0.15) is 54.4 Å². The number of hydrogen-bond acceptors (Lipinski definition) is 2. The zero-order chi connectivity index (χ0) is 15.7. The first kappa shape index (κ1) is 17.7. The molecule has 0 unspecified atom stereocenters. The fraction of sp³-hybridized carbons (Fsp3) is 0.500. The molecule has 4 nitrogen and oxygen atoms in total. The second-order valence-electron chi connectivity index (χ2n) is 5.08. The molecule has 0 fully saturated rings. The summed E-state index contributed by atoms with van der Waals surface area (Å²) >= 11 is 3.42. The van der Waals surface area contributed by atoms with Crippen LogP contribution in [0.2, 0.25) is 0 Å². The van der Waals surface area contributed by atoms with Crippen molar-refractivity contribution in [3.05, 3.63) is 33.8 Å². The molecule has 1 aromatic rings. The minimum absolute atomic E-state index is 0.0420. The van der Waals surface area contributed by atoms with E-state index in [0.717, 1.165) is 42.1 Å². The van der Waals surface area contributed by atoms with Crippen molar-refractivity contribution in [2.75, 3.05) is 6.54 Å². The van der Waals surface area contributed by atoms with Crippen molar-refractivity contribution in [3.8, 4) is 0 Å². The van der Waals surface area contributed by atoms with Gasteiger partial charge >= 0.3 is 5.97 Å². The average Bonchev–Trinajstić information content (AvgIpc) is 2.44. The Morgan fingerprint density at radius 2 is 1.81 bits per heavy atom. The topological polar surface area (TPSA) is 66.4 Å². The molecule has 0 aliphatic carbocycles. The molecule has 0 spiro atoms. The minimum Gasteiger partial charge on any atom is -0.481 e. The van der Waals surface area contributed by atoms with Crippen molar-refractivity contribution in [2.24, 2.45) is 0 Å². The van der Waals surface area contributed by atoms with Crippen molar-refractivity contribution >= 4 is 27.8 Å². The quantitative estimate of drug-likeness (QED) is 0.659. The summed E-state index contributed by atoms with van der Waals surface area (Å²) in [6.07, 6.45) is 4.87. The number of hydrogen-bond donors (Lipinski definition) is 2. The minimum atomic E-state index is -0.730. The Balaban J connectivity index is 2.17. The Morgan fingerprint density at radius 1 is 1.14 bits per heavy atom. The van der Waals surface area contributed by atoms with Crippen LogP contribution in [0, 0.1) is 6.92 Å². The number of carboxylic acids is 1. The van der Waals surface area contributed by atoms with Crippen LogP contribution in [0.25, 0.3) is 0 Å². The predicted octanol–water partition coefficient (Wildman–Crippen LogP) is 3.91. The second-order valence-corrected chi connectivity index (χ2v) is 5.93. The summed E-state index contributed by atoms with van der Waals surface area (Å²) in [6, 6.07) is 5.60. The molecule has 0 radical (unpaired) electrons. The number of carbonyl (C=O) groups excluding carboxylic acids is 1. The van der Waals surface area contributed by atoms with Crippen molar-refractivity contribution in [1.29, 1.82) is 0 Å². The van der Waals surface area contributed by atoms with E-state index in [1.807, 2.05) is 25.1 Å². The van der Waals surface area contributed by atoms with E-state index in [0.29, 0.717) is 12.1 Å². The van der Waals surface area contributed by atoms with Crippen LogP contribution in [0.4, 0.5) is 0 Å². The largest absolute Gasteiger partial charge is 0.481 e. The van der Waals surface area contributed by atoms with Gasteiger partial charge in [0.25, 0.3) is 5.91 Å². The summed E-state index contributed by atoms with van der Waals surface area (Å²) in [5.74, 6) is -0.772. The number of benzene rings is 1. The van der Waals surface area contributed by atoms with Crippen molar-refractivity contribution < 1.29 is 14.7 Å². The average molecular weight is 356 g/mol. The molecule has 0 aliphatic rings. The van der Waals surface area contributed by atoms with Gasteiger partial charge in [-0.25, -0.2) is 0 Å². The molecule has 1 amide bonds. The van der Waals surface area contributed by atoms with E-state index in [4.69, 9.17) is 5.11 Å². The standard InChI is InChI=1S/C16H22BrNO3/c1-12-13(8-7-9-14(12)17)16(21)18-11-6-4-2-3-5-10-15(19)20/h7-9H,2-6,10-11H2,1H3,(H,18,21)(H,19,20). The molecule has 2 N–H and O–H groups in total. The Labute approximate surface area is 134 Å². The van der Waals surface area contributed by atoms with E-state index in [1.54, 1.807) is 0 Å². The number of rotatable bonds is 9. The fourth-order valence-corrected chi connectivity index (χ4v) is 2.45. The maximum atomic E-state index is 12.0. The fourth-order valence-electron chi connectivity index (χ4n) is 2.08. The van der Waals surface area contributed by atoms with Crippen LogP contribution in [0.5, 0.6) is 0 Å². The van der Waals surface area contributed by atoms with Crippen molar-refractivity contribution in [3.63, 3.8) is 0 Å². The molecule has 0 aliphatic heterocycles. The van der Waals surface area contributed by atoms with Gasteiger partial charge in [0.2, 0.25) is 0 Å². The first-order chi connectivity index (χ1) is 10.0. The number of aliphatic carboxylic acids is 1. The van der Waals surface area contributed by atoms with Crippen LogP contribution < -0.4 is 5.32 Å². The molecule has 0 saturated carbocycles. The summed E-state index contributed by atoms with van der Waals surface area (Å²) in [4.78, 5) is 22.4. The van der Waals surface area contributed by atoms with E-state index in [1.165, 1.54) is 0 Å². The summed E-state index contributed by atoms with van der Waals surface area (Å²) in [5, 5.41) is 11.4. The molecule has 0 bridgehead atoms. The third kappa shape index (κ3) is 6.76. The van der Waals surface area contributed by atoms with Gasteiger partial charge in [-0.2, -0.15) is 0 Å². The molecule has 0 atom stereocenters. The molecule has 21 heavy (non-hydrogen) atoms. The first-order valence-corrected chi connectivity index (χ1v) is 8.06. The third-order valence-electron chi connectivity index (χ3n) is 3.37. The second kappa shape index (κ2) is 9.55. The number of nitrogens with one attached hydrogen (secondary N) is 1. The van der Waals surface area contributed by atoms with E-state index in [2.05, 4.69) is 21.2 Å². The van der Waals surface area contributed by atoms with Crippen LogP contribution in [0.15, 0.2) is 22.7 Å². The highest BCUT2D eigenvalue weighted by Gasteiger charge is 2.09. The van der Waals surface area contributed by atoms with Crippen LogP contribution in [-0.2, 0) is 4.79 Å². The van der Waals surface area contributed by atoms with Crippen LogP contribution >= 0.6 is 15.9 Å². The maximum Gasteiger partial charge on any atom is 0.303 e. The molecular weight excluding hydrogens is 334 g/mol. The smallest absolute Gasteiger partial charge is 0.303 e. The van der Waals surface area contributed by atoms with E-state index >= 15 is 0 Å². The van der Waals surface area contributed by atoms with E-state index in [-0.39, 0.29) is 12.3 Å². The molecule has 0 heterocycles. The number of amides is 1. The van der Waals surface area contributed by atoms with Gasteiger partial charge in [-0.3, -0.25) is 9.59 Å². The Kier molecular flexibility index (Phi) is 8.05. The van der Waals surface area contributed by atoms with Crippen LogP contribution in [-0.4, -0.2) is 23.5 Å². The highest BCUT2D eigenvalue weighted by molar-refractivity contribution is 9.10. The summed E-state index contributed by atoms with van der Waals surface area (Å²) < 4.78 is 0.939. The Bertz CT molecular complexity index is 488. The molecule has 0 aromatic heterocycles. The van der Waals surface area contributed by atoms with Crippen molar-refractivity contribution in [1.82, 2.24) is 5.32 Å². The maximum absolute atomic E-state index is 12.0. The predicted molar refractivity (Wildman–Crippen MR) is 86.6 cm³/mol. The summed E-state index contributed by atoms with van der Waals surface area (Å²) in [5.41, 5.74) is 1.65. The van der Waals surface area contributed by atoms with Gasteiger partial charge in [0.05, 0.1) is 0 Å². The van der Waals surface area contributed by atoms with E-state index < -0.39 is 5.97 Å². The molecule has 1 rings (SSSR count). The zero-order valence-corrected chi connectivity index (χ0v) is 13.9. The van der Waals surface area contributed by atoms with Crippen LogP contribution in [0.3, 0.4) is 0 Å². The Hall–Kier alpha value is -1.36. The lowest BCUT2D eigenvalue weighted by molar-refractivity contribution is -0.137. The van der Waals surface area contributed by atoms with Gasteiger partial charge in [0.1, 0.15) is 0 Å². The lowest BCUT2D eigenvalue weighted by Gasteiger charge is -2.08. The highest BCUT2D eigenvalue weighted by Crippen LogP contribution is 2.19. The number of unbranched alkanes of at least 4 members (excludes halogenated alkanes) is 4. The molecule has 116 valence electrons. The SMILES string of the molecule is Cc1c(Br)cccc1C(=O)NCCCCCCCC(=O)O. The van der Waals surface area contributed by atoms with Gasteiger partial charge in [-0.1, -0.05) is 41.3 Å². The molecule has 1 aromatic carbocycles. The van der Waals surface area contributed by atoms with Gasteiger partial charge in [-0.15, -0.1) is 0 Å². The Morgan fingerprint density at radius 3 is 2.52 bits per heavy atom. The molecular formula is C16H22BrNO3. The first-order valence-electron chi connectivity index (χ1n) is 7.27. The summed E-state index contributed by atoms with van der Waals surface area (Å²) in [7, 11) is 0.